The van der Waals surface area contributed by atoms with Crippen LogP contribution in [0.4, 0.5) is 16.5 Å². The molecule has 0 amide bonds. The first-order valence-corrected chi connectivity index (χ1v) is 15.4. The van der Waals surface area contributed by atoms with Crippen molar-refractivity contribution in [3.05, 3.63) is 66.8 Å². The maximum absolute atomic E-state index is 11.5. The van der Waals surface area contributed by atoms with E-state index in [0.717, 1.165) is 39.0 Å². The number of hydrogen-bond donors (Lipinski definition) is 0. The van der Waals surface area contributed by atoms with Crippen molar-refractivity contribution in [1.82, 2.24) is 0 Å². The van der Waals surface area contributed by atoms with Gasteiger partial charge in [0.15, 0.2) is 0 Å². The third-order valence-corrected chi connectivity index (χ3v) is 6.43. The van der Waals surface area contributed by atoms with E-state index < -0.39 is 10.1 Å². The number of benzene rings is 2. The molecule has 0 saturated heterocycles. The molecule has 0 spiro atoms. The smallest absolute Gasteiger partial charge is 0.409 e. The molecule has 0 radical (unpaired) electrons. The molecular weight excluding hydrogens is 596 g/mol. The second-order valence-electron chi connectivity index (χ2n) is 8.97. The molecule has 12 nitrogen and oxygen atoms in total. The van der Waals surface area contributed by atoms with Crippen LogP contribution in [0.25, 0.3) is 10.2 Å². The lowest BCUT2D eigenvalue weighted by Crippen LogP contribution is -2.28. The number of azo groups is 1. The minimum absolute atomic E-state index is 0.314. The van der Waals surface area contributed by atoms with Crippen LogP contribution in [0.5, 0.6) is 5.75 Å². The third-order valence-electron chi connectivity index (χ3n) is 5.34. The number of esters is 2. The van der Waals surface area contributed by atoms with E-state index in [1.807, 2.05) is 54.1 Å². The maximum atomic E-state index is 11.5. The van der Waals surface area contributed by atoms with Gasteiger partial charge in [0.05, 0.1) is 47.7 Å². The van der Waals surface area contributed by atoms with Crippen LogP contribution in [0.2, 0.25) is 0 Å². The number of hydrogen-bond acceptors (Lipinski definition) is 12. The van der Waals surface area contributed by atoms with Gasteiger partial charge in [-0.3, -0.25) is 0 Å². The number of carbonyl (C=O) groups is 2. The molecule has 234 valence electrons. The number of methoxy groups -OCH3 is 2. The summed E-state index contributed by atoms with van der Waals surface area (Å²) in [7, 11) is 1.05. The molecule has 0 N–H and O–H groups in total. The van der Waals surface area contributed by atoms with Crippen LogP contribution >= 0.6 is 11.3 Å². The molecule has 0 unspecified atom stereocenters. The Morgan fingerprint density at radius 2 is 1.60 bits per heavy atom. The van der Waals surface area contributed by atoms with E-state index in [0.29, 0.717) is 30.6 Å². The summed E-state index contributed by atoms with van der Waals surface area (Å²) in [6, 6.07) is 13.8. The van der Waals surface area contributed by atoms with Crippen molar-refractivity contribution in [2.45, 2.75) is 20.8 Å². The average molecular weight is 635 g/mol. The fourth-order valence-corrected chi connectivity index (χ4v) is 4.18. The zero-order chi connectivity index (χ0) is 32.7. The summed E-state index contributed by atoms with van der Waals surface area (Å²) in [5.74, 6) is 0.114. The SMILES string of the molecule is C=C(C)C(=O)OC.C=C(C)C(=O)OCCN(CC)c1ccc(N=Nc2sc3cc(OC)ccc3[n+]2C)cc1.CS(=O)(=O)[O-]. The largest absolute Gasteiger partial charge is 0.748 e. The number of aryl methyl sites for hydroxylation is 1. The van der Waals surface area contributed by atoms with Crippen molar-refractivity contribution in [2.24, 2.45) is 17.3 Å². The van der Waals surface area contributed by atoms with Gasteiger partial charge in [-0.25, -0.2) is 22.6 Å². The Kier molecular flexibility index (Phi) is 15.2. The normalized spacial score (nSPS) is 10.6. The first kappa shape index (κ1) is 36.9. The molecule has 43 heavy (non-hydrogen) atoms. The van der Waals surface area contributed by atoms with E-state index in [1.165, 1.54) is 7.11 Å². The van der Waals surface area contributed by atoms with Crippen LogP contribution in [0.1, 0.15) is 20.8 Å². The van der Waals surface area contributed by atoms with Crippen molar-refractivity contribution >= 4 is 60.1 Å². The standard InChI is InChI=1S/C23H27N4O3S.C5H8O2.CH4O3S/c1-6-27(13-14-30-22(28)16(2)3)18-9-7-17(8-10-18)24-25-23-26(4)20-12-11-19(29-5)15-21(20)31-23;1-4(2)5(6)7-3;1-5(2,3)4/h7-12,15H,2,6,13-14H2,1,3-5H3;1H2,2-3H3;1H3,(H,2,3,4)/q+1;;/p-1. The number of anilines is 1. The Morgan fingerprint density at radius 1 is 1.02 bits per heavy atom. The number of nitrogens with zero attached hydrogens (tertiary/aromatic N) is 4. The number of rotatable bonds is 10. The topological polar surface area (TPSA) is 151 Å². The van der Waals surface area contributed by atoms with E-state index in [2.05, 4.69) is 39.9 Å². The van der Waals surface area contributed by atoms with Crippen molar-refractivity contribution in [3.8, 4) is 5.75 Å². The lowest BCUT2D eigenvalue weighted by atomic mass is 10.2. The van der Waals surface area contributed by atoms with Crippen LogP contribution in [-0.4, -0.2) is 65.1 Å². The van der Waals surface area contributed by atoms with Crippen LogP contribution in [0.15, 0.2) is 77.0 Å². The predicted molar refractivity (Wildman–Crippen MR) is 166 cm³/mol. The highest BCUT2D eigenvalue weighted by molar-refractivity contribution is 7.84. The summed E-state index contributed by atoms with van der Waals surface area (Å²) in [4.78, 5) is 23.8. The number of aromatic nitrogens is 1. The van der Waals surface area contributed by atoms with Gasteiger partial charge >= 0.3 is 17.1 Å². The Hall–Kier alpha value is -4.14. The van der Waals surface area contributed by atoms with Gasteiger partial charge in [-0.15, -0.1) is 0 Å². The second-order valence-corrected chi connectivity index (χ2v) is 11.4. The minimum Gasteiger partial charge on any atom is -0.748 e. The predicted octanol–water partition coefficient (Wildman–Crippen LogP) is 4.99. The van der Waals surface area contributed by atoms with E-state index in [1.54, 1.807) is 32.3 Å². The van der Waals surface area contributed by atoms with Gasteiger partial charge in [-0.1, -0.05) is 13.2 Å². The summed E-state index contributed by atoms with van der Waals surface area (Å²) >= 11 is 1.56. The van der Waals surface area contributed by atoms with E-state index >= 15 is 0 Å². The average Bonchev–Trinajstić information content (AvgIpc) is 3.27. The van der Waals surface area contributed by atoms with E-state index in [-0.39, 0.29) is 11.9 Å². The molecule has 0 fully saturated rings. The molecule has 0 aliphatic heterocycles. The fourth-order valence-electron chi connectivity index (χ4n) is 3.18. The zero-order valence-electron chi connectivity index (χ0n) is 25.4. The van der Waals surface area contributed by atoms with Gasteiger partial charge in [-0.2, -0.15) is 0 Å². The van der Waals surface area contributed by atoms with Gasteiger partial charge in [0.2, 0.25) is 0 Å². The molecule has 0 atom stereocenters. The summed E-state index contributed by atoms with van der Waals surface area (Å²) in [5, 5.41) is 9.63. The summed E-state index contributed by atoms with van der Waals surface area (Å²) < 4.78 is 45.1. The molecule has 0 saturated carbocycles. The third kappa shape index (κ3) is 13.6. The van der Waals surface area contributed by atoms with Crippen LogP contribution in [-0.2, 0) is 36.2 Å². The van der Waals surface area contributed by atoms with Crippen LogP contribution in [0.3, 0.4) is 0 Å². The number of thiazole rings is 1. The molecule has 0 aliphatic rings. The highest BCUT2D eigenvalue weighted by Gasteiger charge is 2.16. The second kappa shape index (κ2) is 17.7. The quantitative estimate of drug-likeness (QED) is 0.0987. The minimum atomic E-state index is -3.92. The van der Waals surface area contributed by atoms with Gasteiger partial charge < -0.3 is 23.7 Å². The summed E-state index contributed by atoms with van der Waals surface area (Å²) in [6.45, 7) is 14.0. The van der Waals surface area contributed by atoms with E-state index in [9.17, 15) is 9.59 Å². The fraction of sp³-hybridized carbons (Fsp3) is 0.345. The van der Waals surface area contributed by atoms with Gasteiger partial charge in [0.1, 0.15) is 23.6 Å². The highest BCUT2D eigenvalue weighted by atomic mass is 32.2. The van der Waals surface area contributed by atoms with Crippen molar-refractivity contribution in [2.75, 3.05) is 45.1 Å². The molecule has 0 bridgehead atoms. The maximum Gasteiger partial charge on any atom is 0.409 e. The van der Waals surface area contributed by atoms with Gasteiger partial charge in [-0.05, 0) is 73.6 Å². The molecular formula is C29H38N4O8S2. The Morgan fingerprint density at radius 3 is 2.07 bits per heavy atom. The van der Waals surface area contributed by atoms with Crippen molar-refractivity contribution in [1.29, 1.82) is 0 Å². The molecule has 1 heterocycles. The van der Waals surface area contributed by atoms with Gasteiger partial charge in [0.25, 0.3) is 0 Å². The Balaban J connectivity index is 0.000000650. The number of ether oxygens (including phenoxy) is 3. The summed E-state index contributed by atoms with van der Waals surface area (Å²) in [5.41, 5.74) is 3.73. The Labute approximate surface area is 256 Å². The first-order valence-electron chi connectivity index (χ1n) is 12.8. The zero-order valence-corrected chi connectivity index (χ0v) is 27.1. The molecule has 2 aromatic carbocycles. The van der Waals surface area contributed by atoms with E-state index in [4.69, 9.17) is 22.4 Å². The van der Waals surface area contributed by atoms with Crippen LogP contribution < -0.4 is 14.2 Å². The number of carbonyl (C=O) groups excluding carboxylic acids is 2. The highest BCUT2D eigenvalue weighted by Crippen LogP contribution is 2.30. The lowest BCUT2D eigenvalue weighted by Gasteiger charge is -2.22. The first-order chi connectivity index (χ1) is 20.1. The Bertz CT molecular complexity index is 1540. The molecule has 1 aromatic heterocycles. The van der Waals surface area contributed by atoms with Crippen molar-refractivity contribution in [3.63, 3.8) is 0 Å². The monoisotopic (exact) mass is 634 g/mol. The lowest BCUT2D eigenvalue weighted by molar-refractivity contribution is -0.627. The van der Waals surface area contributed by atoms with Gasteiger partial charge in [0, 0.05) is 35.7 Å². The van der Waals surface area contributed by atoms with Crippen LogP contribution in [0, 0.1) is 0 Å². The molecule has 3 aromatic rings. The molecule has 3 rings (SSSR count). The molecule has 0 aliphatic carbocycles. The summed E-state index contributed by atoms with van der Waals surface area (Å²) in [6.07, 6.45) is 0.604. The van der Waals surface area contributed by atoms with Crippen molar-refractivity contribution < 1.29 is 41.3 Å². The molecule has 14 heteroatoms. The number of fused-ring (bicyclic) bond motifs is 1. The number of likely N-dealkylation sites (N-methyl/N-ethyl adjacent to an activating group) is 1.